The summed E-state index contributed by atoms with van der Waals surface area (Å²) in [6.07, 6.45) is 17.5. The van der Waals surface area contributed by atoms with E-state index in [1.807, 2.05) is 0 Å². The Labute approximate surface area is 186 Å². The number of allylic oxidation sites excluding steroid dienone is 2. The average molecular weight is 434 g/mol. The highest BCUT2D eigenvalue weighted by molar-refractivity contribution is 5.83. The molecule has 31 heavy (non-hydrogen) atoms. The zero-order chi connectivity index (χ0) is 22.9. The molecule has 6 nitrogen and oxygen atoms in total. The number of aromatic hydroxyl groups is 2. The number of hydrogen-bond acceptors (Lipinski definition) is 4. The van der Waals surface area contributed by atoms with Crippen LogP contribution < -0.4 is 5.32 Å². The molecule has 0 bridgehead atoms. The van der Waals surface area contributed by atoms with Gasteiger partial charge >= 0.3 is 5.97 Å². The molecule has 0 saturated carbocycles. The van der Waals surface area contributed by atoms with Gasteiger partial charge in [0.1, 0.15) is 6.04 Å². The van der Waals surface area contributed by atoms with Crippen molar-refractivity contribution in [3.05, 3.63) is 35.9 Å². The molecule has 0 unspecified atom stereocenters. The predicted octanol–water partition coefficient (Wildman–Crippen LogP) is 5.47. The molecule has 174 valence electrons. The molecule has 0 radical (unpaired) electrons. The molecule has 0 aliphatic rings. The van der Waals surface area contributed by atoms with E-state index < -0.39 is 12.0 Å². The highest BCUT2D eigenvalue weighted by Crippen LogP contribution is 2.25. The van der Waals surface area contributed by atoms with Crippen molar-refractivity contribution in [2.75, 3.05) is 0 Å². The fourth-order valence-electron chi connectivity index (χ4n) is 3.40. The minimum absolute atomic E-state index is 0.0427. The molecule has 1 aromatic rings. The predicted molar refractivity (Wildman–Crippen MR) is 123 cm³/mol. The lowest BCUT2D eigenvalue weighted by molar-refractivity contribution is -0.141. The summed E-state index contributed by atoms with van der Waals surface area (Å²) in [7, 11) is 0. The molecular weight excluding hydrogens is 394 g/mol. The van der Waals surface area contributed by atoms with Crippen LogP contribution in [0, 0.1) is 0 Å². The molecule has 0 aromatic heterocycles. The second kappa shape index (κ2) is 16.2. The molecule has 0 aliphatic heterocycles. The minimum atomic E-state index is -1.13. The van der Waals surface area contributed by atoms with Crippen molar-refractivity contribution in [2.24, 2.45) is 0 Å². The number of carboxylic acids is 1. The van der Waals surface area contributed by atoms with Gasteiger partial charge in [-0.2, -0.15) is 0 Å². The monoisotopic (exact) mass is 433 g/mol. The minimum Gasteiger partial charge on any atom is -0.504 e. The van der Waals surface area contributed by atoms with E-state index in [0.29, 0.717) is 12.0 Å². The van der Waals surface area contributed by atoms with Gasteiger partial charge in [0.15, 0.2) is 11.5 Å². The Morgan fingerprint density at radius 2 is 1.52 bits per heavy atom. The molecule has 1 amide bonds. The first-order valence-electron chi connectivity index (χ1n) is 11.6. The third-order valence-electron chi connectivity index (χ3n) is 5.28. The fraction of sp³-hybridized carbons (Fsp3) is 0.600. The van der Waals surface area contributed by atoms with Crippen molar-refractivity contribution in [3.8, 4) is 11.5 Å². The number of phenols is 2. The summed E-state index contributed by atoms with van der Waals surface area (Å²) >= 11 is 0. The number of phenolic OH excluding ortho intramolecular Hbond substituents is 2. The Bertz CT molecular complexity index is 686. The fourth-order valence-corrected chi connectivity index (χ4v) is 3.40. The molecular formula is C25H39NO5. The van der Waals surface area contributed by atoms with E-state index in [1.165, 1.54) is 50.3 Å². The number of benzene rings is 1. The number of carboxylic acid groups (broad SMARTS) is 1. The maximum absolute atomic E-state index is 12.1. The molecule has 1 aromatic carbocycles. The molecule has 4 N–H and O–H groups in total. The second-order valence-electron chi connectivity index (χ2n) is 8.11. The standard InChI is InChI=1S/C25H39NO5/c1-2-3-4-5-6-7-8-9-10-11-12-13-14-15-24(29)26-21(25(30)31)18-20-16-17-22(27)23(28)19-20/h7-8,16-17,19,21,27-28H,2-6,9-15,18H2,1H3,(H,26,29)(H,30,31)/b8-7-/t21-/m0/s1. The number of carbonyl (C=O) groups is 2. The van der Waals surface area contributed by atoms with Gasteiger partial charge in [0.2, 0.25) is 5.91 Å². The normalized spacial score (nSPS) is 12.2. The van der Waals surface area contributed by atoms with Crippen LogP contribution in [0.15, 0.2) is 30.4 Å². The maximum atomic E-state index is 12.1. The second-order valence-corrected chi connectivity index (χ2v) is 8.11. The van der Waals surface area contributed by atoms with Crippen LogP contribution >= 0.6 is 0 Å². The topological polar surface area (TPSA) is 107 Å². The molecule has 0 saturated heterocycles. The Hall–Kier alpha value is -2.50. The van der Waals surface area contributed by atoms with Gasteiger partial charge in [-0.25, -0.2) is 4.79 Å². The van der Waals surface area contributed by atoms with E-state index in [4.69, 9.17) is 0 Å². The number of hydrogen-bond donors (Lipinski definition) is 4. The number of aliphatic carboxylic acids is 1. The van der Waals surface area contributed by atoms with E-state index in [0.717, 1.165) is 38.5 Å². The number of nitrogens with one attached hydrogen (secondary N) is 1. The Morgan fingerprint density at radius 3 is 2.13 bits per heavy atom. The van der Waals surface area contributed by atoms with Gasteiger partial charge in [0.25, 0.3) is 0 Å². The molecule has 1 atom stereocenters. The quantitative estimate of drug-likeness (QED) is 0.148. The van der Waals surface area contributed by atoms with Gasteiger partial charge < -0.3 is 20.6 Å². The molecule has 0 heterocycles. The zero-order valence-corrected chi connectivity index (χ0v) is 18.8. The lowest BCUT2D eigenvalue weighted by Gasteiger charge is -2.15. The third-order valence-corrected chi connectivity index (χ3v) is 5.28. The lowest BCUT2D eigenvalue weighted by Crippen LogP contribution is -2.42. The van der Waals surface area contributed by atoms with Crippen molar-refractivity contribution in [3.63, 3.8) is 0 Å². The van der Waals surface area contributed by atoms with Crippen LogP contribution in [0.2, 0.25) is 0 Å². The van der Waals surface area contributed by atoms with Crippen molar-refractivity contribution in [1.82, 2.24) is 5.32 Å². The number of unbranched alkanes of at least 4 members (excludes halogenated alkanes) is 9. The van der Waals surface area contributed by atoms with Crippen molar-refractivity contribution in [1.29, 1.82) is 0 Å². The number of amides is 1. The van der Waals surface area contributed by atoms with E-state index >= 15 is 0 Å². The van der Waals surface area contributed by atoms with Crippen LogP contribution in [0.3, 0.4) is 0 Å². The average Bonchev–Trinajstić information content (AvgIpc) is 2.73. The van der Waals surface area contributed by atoms with Crippen LogP contribution in [0.5, 0.6) is 11.5 Å². The van der Waals surface area contributed by atoms with Gasteiger partial charge in [0, 0.05) is 12.8 Å². The third kappa shape index (κ3) is 12.7. The summed E-state index contributed by atoms with van der Waals surface area (Å²) in [4.78, 5) is 23.5. The van der Waals surface area contributed by atoms with Crippen molar-refractivity contribution >= 4 is 11.9 Å². The van der Waals surface area contributed by atoms with Crippen LogP contribution in [0.1, 0.15) is 89.5 Å². The first kappa shape index (κ1) is 26.5. The van der Waals surface area contributed by atoms with Crippen LogP contribution in [0.25, 0.3) is 0 Å². The number of carbonyl (C=O) groups excluding carboxylic acids is 1. The molecule has 1 rings (SSSR count). The maximum Gasteiger partial charge on any atom is 0.326 e. The smallest absolute Gasteiger partial charge is 0.326 e. The lowest BCUT2D eigenvalue weighted by atomic mass is 10.0. The van der Waals surface area contributed by atoms with Crippen LogP contribution in [-0.4, -0.2) is 33.2 Å². The van der Waals surface area contributed by atoms with Gasteiger partial charge in [-0.15, -0.1) is 0 Å². The largest absolute Gasteiger partial charge is 0.504 e. The zero-order valence-electron chi connectivity index (χ0n) is 18.8. The summed E-state index contributed by atoms with van der Waals surface area (Å²) in [6.45, 7) is 2.22. The first-order valence-corrected chi connectivity index (χ1v) is 11.6. The summed E-state index contributed by atoms with van der Waals surface area (Å²) in [5.74, 6) is -1.98. The summed E-state index contributed by atoms with van der Waals surface area (Å²) in [5, 5.41) is 30.8. The SMILES string of the molecule is CCCCCC/C=C\CCCCCCCC(=O)N[C@@H](Cc1ccc(O)c(O)c1)C(=O)O. The number of rotatable bonds is 17. The Morgan fingerprint density at radius 1 is 0.903 bits per heavy atom. The molecule has 6 heteroatoms. The van der Waals surface area contributed by atoms with E-state index in [2.05, 4.69) is 24.4 Å². The Kier molecular flexibility index (Phi) is 13.9. The summed E-state index contributed by atoms with van der Waals surface area (Å²) in [5.41, 5.74) is 0.526. The Balaban J connectivity index is 2.14. The first-order chi connectivity index (χ1) is 14.9. The molecule has 0 spiro atoms. The highest BCUT2D eigenvalue weighted by Gasteiger charge is 2.20. The van der Waals surface area contributed by atoms with Crippen molar-refractivity contribution < 1.29 is 24.9 Å². The van der Waals surface area contributed by atoms with Gasteiger partial charge in [-0.3, -0.25) is 4.79 Å². The van der Waals surface area contributed by atoms with Crippen LogP contribution in [-0.2, 0) is 16.0 Å². The van der Waals surface area contributed by atoms with Gasteiger partial charge in [-0.05, 0) is 49.8 Å². The van der Waals surface area contributed by atoms with Gasteiger partial charge in [0.05, 0.1) is 0 Å². The summed E-state index contributed by atoms with van der Waals surface area (Å²) in [6, 6.07) is 3.07. The van der Waals surface area contributed by atoms with E-state index in [9.17, 15) is 24.9 Å². The van der Waals surface area contributed by atoms with Crippen LogP contribution in [0.4, 0.5) is 0 Å². The van der Waals surface area contributed by atoms with E-state index in [1.54, 1.807) is 0 Å². The van der Waals surface area contributed by atoms with E-state index in [-0.39, 0.29) is 23.8 Å². The van der Waals surface area contributed by atoms with Gasteiger partial charge in [-0.1, -0.05) is 63.7 Å². The van der Waals surface area contributed by atoms with Crippen molar-refractivity contribution in [2.45, 2.75) is 96.4 Å². The molecule has 0 fully saturated rings. The molecule has 0 aliphatic carbocycles. The summed E-state index contributed by atoms with van der Waals surface area (Å²) < 4.78 is 0. The highest BCUT2D eigenvalue weighted by atomic mass is 16.4.